The minimum atomic E-state index is 0.676. The monoisotopic (exact) mass is 232 g/mol. The summed E-state index contributed by atoms with van der Waals surface area (Å²) in [5, 5.41) is 0. The Morgan fingerprint density at radius 2 is 1.82 bits per heavy atom. The Morgan fingerprint density at radius 1 is 1.00 bits per heavy atom. The molecule has 0 N–H and O–H groups in total. The molecule has 0 unspecified atom stereocenters. The van der Waals surface area contributed by atoms with E-state index in [9.17, 15) is 0 Å². The molecule has 17 heavy (non-hydrogen) atoms. The van der Waals surface area contributed by atoms with Crippen molar-refractivity contribution in [3.05, 3.63) is 48.4 Å². The summed E-state index contributed by atoms with van der Waals surface area (Å²) in [5.41, 5.74) is 0.981. The Hall–Kier alpha value is -2.10. The summed E-state index contributed by atoms with van der Waals surface area (Å²) in [5.74, 6) is 1.47. The summed E-state index contributed by atoms with van der Waals surface area (Å²) in [4.78, 5) is 7.90. The highest BCUT2D eigenvalue weighted by atomic mass is 16.5. The molecular formula is C13H16N2O2. The van der Waals surface area contributed by atoms with Crippen molar-refractivity contribution in [3.8, 4) is 11.6 Å². The molecule has 0 saturated heterocycles. The molecule has 4 heteroatoms. The third kappa shape index (κ3) is 4.97. The second-order valence-electron chi connectivity index (χ2n) is 3.21. The van der Waals surface area contributed by atoms with E-state index in [0.29, 0.717) is 5.88 Å². The van der Waals surface area contributed by atoms with Crippen molar-refractivity contribution in [2.24, 2.45) is 0 Å². The van der Waals surface area contributed by atoms with Crippen molar-refractivity contribution >= 4 is 0 Å². The fourth-order valence-electron chi connectivity index (χ4n) is 1.10. The molecule has 4 nitrogen and oxygen atoms in total. The Balaban J connectivity index is 0.000000171. The molecule has 0 atom stereocenters. The Morgan fingerprint density at radius 3 is 2.24 bits per heavy atom. The molecular weight excluding hydrogens is 216 g/mol. The van der Waals surface area contributed by atoms with E-state index in [-0.39, 0.29) is 0 Å². The van der Waals surface area contributed by atoms with Crippen LogP contribution >= 0.6 is 0 Å². The number of aryl methyl sites for hydroxylation is 1. The summed E-state index contributed by atoms with van der Waals surface area (Å²) < 4.78 is 9.74. The van der Waals surface area contributed by atoms with Crippen LogP contribution < -0.4 is 9.47 Å². The first-order chi connectivity index (χ1) is 8.26. The van der Waals surface area contributed by atoms with E-state index in [4.69, 9.17) is 9.47 Å². The van der Waals surface area contributed by atoms with E-state index in [1.807, 2.05) is 37.3 Å². The second kappa shape index (κ2) is 7.22. The van der Waals surface area contributed by atoms with E-state index in [1.165, 1.54) is 0 Å². The van der Waals surface area contributed by atoms with Crippen LogP contribution in [0.4, 0.5) is 0 Å². The Labute approximate surface area is 101 Å². The summed E-state index contributed by atoms with van der Waals surface area (Å²) in [6.07, 6.45) is 3.38. The van der Waals surface area contributed by atoms with Gasteiger partial charge in [0.15, 0.2) is 0 Å². The van der Waals surface area contributed by atoms with Gasteiger partial charge in [0.05, 0.1) is 20.4 Å². The van der Waals surface area contributed by atoms with E-state index >= 15 is 0 Å². The largest absolute Gasteiger partial charge is 0.495 e. The maximum Gasteiger partial charge on any atom is 0.213 e. The van der Waals surface area contributed by atoms with Crippen molar-refractivity contribution in [1.29, 1.82) is 0 Å². The number of hydrogen-bond donors (Lipinski definition) is 0. The van der Waals surface area contributed by atoms with Crippen LogP contribution in [-0.4, -0.2) is 24.2 Å². The standard InChI is InChI=1S/C7H9NO.C6H7NO/c1-6-4-3-5-7(8-6)9-2;1-8-6-3-2-4-7-5-6/h3-5H,1-2H3;2-5H,1H3. The molecule has 0 aromatic carbocycles. The zero-order chi connectivity index (χ0) is 12.5. The van der Waals surface area contributed by atoms with Gasteiger partial charge in [-0.2, -0.15) is 0 Å². The predicted octanol–water partition coefficient (Wildman–Crippen LogP) is 2.49. The summed E-state index contributed by atoms with van der Waals surface area (Å²) in [6.45, 7) is 1.93. The Bertz CT molecular complexity index is 432. The average Bonchev–Trinajstić information content (AvgIpc) is 2.40. The van der Waals surface area contributed by atoms with Gasteiger partial charge in [-0.3, -0.25) is 4.98 Å². The molecule has 0 saturated carbocycles. The van der Waals surface area contributed by atoms with Crippen molar-refractivity contribution in [2.75, 3.05) is 14.2 Å². The molecule has 2 rings (SSSR count). The highest BCUT2D eigenvalue weighted by Gasteiger charge is 1.88. The van der Waals surface area contributed by atoms with Crippen LogP contribution in [0.2, 0.25) is 0 Å². The van der Waals surface area contributed by atoms with Gasteiger partial charge in [-0.1, -0.05) is 6.07 Å². The lowest BCUT2D eigenvalue weighted by Gasteiger charge is -1.96. The third-order valence-electron chi connectivity index (χ3n) is 1.94. The molecule has 0 radical (unpaired) electrons. The lowest BCUT2D eigenvalue weighted by Crippen LogP contribution is -1.87. The zero-order valence-electron chi connectivity index (χ0n) is 10.3. The van der Waals surface area contributed by atoms with E-state index in [2.05, 4.69) is 9.97 Å². The average molecular weight is 232 g/mol. The van der Waals surface area contributed by atoms with Gasteiger partial charge in [0, 0.05) is 18.0 Å². The maximum absolute atomic E-state index is 4.88. The van der Waals surface area contributed by atoms with Gasteiger partial charge >= 0.3 is 0 Å². The molecule has 0 bridgehead atoms. The lowest BCUT2D eigenvalue weighted by atomic mass is 10.4. The normalized spacial score (nSPS) is 8.88. The van der Waals surface area contributed by atoms with Gasteiger partial charge < -0.3 is 9.47 Å². The topological polar surface area (TPSA) is 44.2 Å². The quantitative estimate of drug-likeness (QED) is 0.798. The molecule has 0 aliphatic carbocycles. The first kappa shape index (κ1) is 13.0. The molecule has 0 aliphatic heterocycles. The minimum absolute atomic E-state index is 0.676. The number of nitrogens with zero attached hydrogens (tertiary/aromatic N) is 2. The van der Waals surface area contributed by atoms with Gasteiger partial charge in [-0.15, -0.1) is 0 Å². The van der Waals surface area contributed by atoms with E-state index in [1.54, 1.807) is 26.6 Å². The van der Waals surface area contributed by atoms with Crippen LogP contribution in [0.5, 0.6) is 11.6 Å². The molecule has 0 aliphatic rings. The van der Waals surface area contributed by atoms with Gasteiger partial charge in [-0.25, -0.2) is 4.98 Å². The SMILES string of the molecule is COc1cccc(C)n1.COc1cccnc1. The fourth-order valence-corrected chi connectivity index (χ4v) is 1.10. The van der Waals surface area contributed by atoms with Gasteiger partial charge in [0.25, 0.3) is 0 Å². The van der Waals surface area contributed by atoms with Crippen molar-refractivity contribution in [1.82, 2.24) is 9.97 Å². The van der Waals surface area contributed by atoms with Crippen LogP contribution in [0.25, 0.3) is 0 Å². The van der Waals surface area contributed by atoms with Crippen LogP contribution in [0, 0.1) is 6.92 Å². The lowest BCUT2D eigenvalue weighted by molar-refractivity contribution is 0.397. The number of ether oxygens (including phenoxy) is 2. The van der Waals surface area contributed by atoms with Crippen molar-refractivity contribution in [2.45, 2.75) is 6.92 Å². The first-order valence-corrected chi connectivity index (χ1v) is 5.18. The van der Waals surface area contributed by atoms with Gasteiger partial charge in [0.2, 0.25) is 5.88 Å². The van der Waals surface area contributed by atoms with E-state index in [0.717, 1.165) is 11.4 Å². The van der Waals surface area contributed by atoms with Crippen LogP contribution in [0.3, 0.4) is 0 Å². The molecule has 0 amide bonds. The first-order valence-electron chi connectivity index (χ1n) is 5.18. The number of rotatable bonds is 2. The Kier molecular flexibility index (Phi) is 5.51. The summed E-state index contributed by atoms with van der Waals surface area (Å²) in [7, 11) is 3.23. The van der Waals surface area contributed by atoms with Crippen LogP contribution in [-0.2, 0) is 0 Å². The fraction of sp³-hybridized carbons (Fsp3) is 0.231. The molecule has 0 fully saturated rings. The maximum atomic E-state index is 4.88. The van der Waals surface area contributed by atoms with E-state index < -0.39 is 0 Å². The van der Waals surface area contributed by atoms with Crippen molar-refractivity contribution in [3.63, 3.8) is 0 Å². The predicted molar refractivity (Wildman–Crippen MR) is 66.3 cm³/mol. The number of hydrogen-bond acceptors (Lipinski definition) is 4. The third-order valence-corrected chi connectivity index (χ3v) is 1.94. The molecule has 90 valence electrons. The minimum Gasteiger partial charge on any atom is -0.495 e. The van der Waals surface area contributed by atoms with Crippen LogP contribution in [0.15, 0.2) is 42.7 Å². The second-order valence-corrected chi connectivity index (χ2v) is 3.21. The van der Waals surface area contributed by atoms with Crippen molar-refractivity contribution < 1.29 is 9.47 Å². The van der Waals surface area contributed by atoms with Gasteiger partial charge in [-0.05, 0) is 25.1 Å². The number of pyridine rings is 2. The molecule has 2 aromatic rings. The zero-order valence-corrected chi connectivity index (χ0v) is 10.3. The highest BCUT2D eigenvalue weighted by Crippen LogP contribution is 2.04. The molecule has 0 spiro atoms. The highest BCUT2D eigenvalue weighted by molar-refractivity contribution is 5.15. The number of aromatic nitrogens is 2. The smallest absolute Gasteiger partial charge is 0.213 e. The molecule has 2 aromatic heterocycles. The summed E-state index contributed by atoms with van der Waals surface area (Å²) in [6, 6.07) is 9.36. The number of methoxy groups -OCH3 is 2. The van der Waals surface area contributed by atoms with Crippen LogP contribution in [0.1, 0.15) is 5.69 Å². The molecule has 2 heterocycles. The summed E-state index contributed by atoms with van der Waals surface area (Å²) >= 11 is 0. The van der Waals surface area contributed by atoms with Gasteiger partial charge in [0.1, 0.15) is 5.75 Å².